The van der Waals surface area contributed by atoms with Crippen LogP contribution < -0.4 is 10.1 Å². The van der Waals surface area contributed by atoms with E-state index < -0.39 is 0 Å². The molecule has 0 atom stereocenters. The molecular weight excluding hydrogens is 422 g/mol. The van der Waals surface area contributed by atoms with E-state index >= 15 is 0 Å². The molecule has 0 radical (unpaired) electrons. The van der Waals surface area contributed by atoms with Gasteiger partial charge in [-0.05, 0) is 30.7 Å². The van der Waals surface area contributed by atoms with E-state index in [0.29, 0.717) is 33.0 Å². The fourth-order valence-corrected chi connectivity index (χ4v) is 4.02. The van der Waals surface area contributed by atoms with Crippen LogP contribution in [0.5, 0.6) is 5.75 Å². The van der Waals surface area contributed by atoms with Crippen molar-refractivity contribution in [2.75, 3.05) is 12.4 Å². The molecule has 2 heterocycles. The van der Waals surface area contributed by atoms with Gasteiger partial charge < -0.3 is 14.5 Å². The highest BCUT2D eigenvalue weighted by Crippen LogP contribution is 2.34. The second kappa shape index (κ2) is 8.77. The van der Waals surface area contributed by atoms with Crippen molar-refractivity contribution in [3.63, 3.8) is 0 Å². The van der Waals surface area contributed by atoms with E-state index in [4.69, 9.17) is 20.8 Å². The number of furan rings is 1. The van der Waals surface area contributed by atoms with Crippen LogP contribution in [0.4, 0.5) is 5.69 Å². The van der Waals surface area contributed by atoms with Crippen molar-refractivity contribution >= 4 is 45.9 Å². The summed E-state index contributed by atoms with van der Waals surface area (Å²) >= 11 is 7.61. The fraction of sp³-hybridized carbons (Fsp3) is 0.136. The van der Waals surface area contributed by atoms with Gasteiger partial charge in [-0.1, -0.05) is 41.6 Å². The van der Waals surface area contributed by atoms with Gasteiger partial charge in [-0.25, -0.2) is 9.97 Å². The number of benzene rings is 2. The van der Waals surface area contributed by atoms with Gasteiger partial charge >= 0.3 is 0 Å². The molecule has 4 rings (SSSR count). The molecule has 152 valence electrons. The fourth-order valence-electron chi connectivity index (χ4n) is 3.03. The van der Waals surface area contributed by atoms with Crippen molar-refractivity contribution < 1.29 is 13.9 Å². The molecule has 2 aromatic heterocycles. The molecular formula is C22H18ClN3O3S. The molecule has 0 bridgehead atoms. The van der Waals surface area contributed by atoms with Crippen LogP contribution in [-0.2, 0) is 5.75 Å². The number of hydrogen-bond donors (Lipinski definition) is 1. The van der Waals surface area contributed by atoms with Gasteiger partial charge in [0.2, 0.25) is 0 Å². The minimum atomic E-state index is -0.365. The SMILES string of the molecule is COc1cc(Cl)c(C)cc1NC(=O)c1oc2ccccc2c1CSc1ncccn1. The number of ether oxygens (including phenoxy) is 1. The van der Waals surface area contributed by atoms with E-state index in [1.54, 1.807) is 30.6 Å². The molecule has 0 aliphatic heterocycles. The van der Waals surface area contributed by atoms with Gasteiger partial charge in [0, 0.05) is 40.2 Å². The molecule has 2 aromatic carbocycles. The van der Waals surface area contributed by atoms with E-state index in [2.05, 4.69) is 15.3 Å². The van der Waals surface area contributed by atoms with Gasteiger partial charge in [-0.15, -0.1) is 0 Å². The molecule has 0 fully saturated rings. The lowest BCUT2D eigenvalue weighted by molar-refractivity contribution is 0.0997. The average Bonchev–Trinajstić information content (AvgIpc) is 3.14. The Morgan fingerprint density at radius 1 is 1.20 bits per heavy atom. The Bertz CT molecular complexity index is 1210. The van der Waals surface area contributed by atoms with Crippen molar-refractivity contribution in [3.8, 4) is 5.75 Å². The summed E-state index contributed by atoms with van der Waals surface area (Å²) in [5.74, 6) is 0.842. The predicted molar refractivity (Wildman–Crippen MR) is 119 cm³/mol. The van der Waals surface area contributed by atoms with Gasteiger partial charge in [0.15, 0.2) is 10.9 Å². The minimum absolute atomic E-state index is 0.245. The first-order chi connectivity index (χ1) is 14.6. The number of nitrogens with one attached hydrogen (secondary N) is 1. The second-order valence-electron chi connectivity index (χ2n) is 6.48. The number of amides is 1. The van der Waals surface area contributed by atoms with E-state index in [1.165, 1.54) is 18.9 Å². The first-order valence-corrected chi connectivity index (χ1v) is 10.5. The molecule has 1 N–H and O–H groups in total. The zero-order valence-corrected chi connectivity index (χ0v) is 17.9. The molecule has 0 aliphatic rings. The summed E-state index contributed by atoms with van der Waals surface area (Å²) in [6.45, 7) is 1.86. The van der Waals surface area contributed by atoms with Crippen LogP contribution in [0.3, 0.4) is 0 Å². The third-order valence-electron chi connectivity index (χ3n) is 4.52. The number of para-hydroxylation sites is 1. The number of thioether (sulfide) groups is 1. The van der Waals surface area contributed by atoms with Crippen molar-refractivity contribution in [1.29, 1.82) is 0 Å². The number of nitrogens with zero attached hydrogens (tertiary/aromatic N) is 2. The van der Waals surface area contributed by atoms with Crippen molar-refractivity contribution in [1.82, 2.24) is 9.97 Å². The van der Waals surface area contributed by atoms with Crippen LogP contribution in [-0.4, -0.2) is 23.0 Å². The number of carbonyl (C=O) groups is 1. The van der Waals surface area contributed by atoms with Gasteiger partial charge in [0.25, 0.3) is 5.91 Å². The average molecular weight is 440 g/mol. The van der Waals surface area contributed by atoms with Crippen LogP contribution in [0.25, 0.3) is 11.0 Å². The first kappa shape index (κ1) is 20.3. The van der Waals surface area contributed by atoms with Crippen LogP contribution in [0.15, 0.2) is 64.4 Å². The Morgan fingerprint density at radius 2 is 1.97 bits per heavy atom. The number of carbonyl (C=O) groups excluding carboxylic acids is 1. The number of aromatic nitrogens is 2. The van der Waals surface area contributed by atoms with Gasteiger partial charge in [0.05, 0.1) is 12.8 Å². The van der Waals surface area contributed by atoms with E-state index in [0.717, 1.165) is 16.5 Å². The van der Waals surface area contributed by atoms with E-state index in [-0.39, 0.29) is 11.7 Å². The summed E-state index contributed by atoms with van der Waals surface area (Å²) in [6.07, 6.45) is 3.37. The smallest absolute Gasteiger partial charge is 0.291 e. The molecule has 0 saturated carbocycles. The maximum Gasteiger partial charge on any atom is 0.291 e. The summed E-state index contributed by atoms with van der Waals surface area (Å²) in [5.41, 5.74) is 2.78. The predicted octanol–water partition coefficient (Wildman–Crippen LogP) is 5.74. The lowest BCUT2D eigenvalue weighted by Gasteiger charge is -2.12. The Labute approximate surface area is 182 Å². The molecule has 0 saturated heterocycles. The number of anilines is 1. The lowest BCUT2D eigenvalue weighted by Crippen LogP contribution is -2.13. The third kappa shape index (κ3) is 4.13. The summed E-state index contributed by atoms with van der Waals surface area (Å²) in [7, 11) is 1.53. The monoisotopic (exact) mass is 439 g/mol. The number of hydrogen-bond acceptors (Lipinski definition) is 6. The van der Waals surface area contributed by atoms with Gasteiger partial charge in [-0.2, -0.15) is 0 Å². The van der Waals surface area contributed by atoms with Crippen LogP contribution in [0, 0.1) is 6.92 Å². The largest absolute Gasteiger partial charge is 0.495 e. The Kier molecular flexibility index (Phi) is 5.92. The van der Waals surface area contributed by atoms with Gasteiger partial charge in [0.1, 0.15) is 11.3 Å². The summed E-state index contributed by atoms with van der Waals surface area (Å²) in [6, 6.07) is 12.8. The molecule has 0 spiro atoms. The third-order valence-corrected chi connectivity index (χ3v) is 5.83. The zero-order valence-electron chi connectivity index (χ0n) is 16.3. The Hall–Kier alpha value is -3.03. The van der Waals surface area contributed by atoms with E-state index in [9.17, 15) is 4.79 Å². The second-order valence-corrected chi connectivity index (χ2v) is 7.83. The minimum Gasteiger partial charge on any atom is -0.495 e. The standard InChI is InChI=1S/C22H18ClN3O3S/c1-13-10-17(19(28-2)11-16(13)23)26-21(27)20-15(12-30-22-24-8-5-9-25-22)14-6-3-4-7-18(14)29-20/h3-11H,12H2,1-2H3,(H,26,27). The molecule has 1 amide bonds. The van der Waals surface area contributed by atoms with Crippen LogP contribution >= 0.6 is 23.4 Å². The highest BCUT2D eigenvalue weighted by Gasteiger charge is 2.22. The normalized spacial score (nSPS) is 10.9. The van der Waals surface area contributed by atoms with Crippen molar-refractivity contribution in [2.24, 2.45) is 0 Å². The summed E-state index contributed by atoms with van der Waals surface area (Å²) < 4.78 is 11.3. The topological polar surface area (TPSA) is 77.2 Å². The molecule has 4 aromatic rings. The van der Waals surface area contributed by atoms with Gasteiger partial charge in [-0.3, -0.25) is 4.79 Å². The van der Waals surface area contributed by atoms with Crippen molar-refractivity contribution in [3.05, 3.63) is 76.8 Å². The molecule has 30 heavy (non-hydrogen) atoms. The molecule has 8 heteroatoms. The lowest BCUT2D eigenvalue weighted by atomic mass is 10.1. The maximum atomic E-state index is 13.1. The molecule has 0 aliphatic carbocycles. The Morgan fingerprint density at radius 3 is 2.73 bits per heavy atom. The van der Waals surface area contributed by atoms with Crippen LogP contribution in [0.1, 0.15) is 21.7 Å². The first-order valence-electron chi connectivity index (χ1n) is 9.12. The summed E-state index contributed by atoms with van der Waals surface area (Å²) in [4.78, 5) is 21.6. The molecule has 0 unspecified atom stereocenters. The number of fused-ring (bicyclic) bond motifs is 1. The highest BCUT2D eigenvalue weighted by atomic mass is 35.5. The number of methoxy groups -OCH3 is 1. The number of halogens is 1. The highest BCUT2D eigenvalue weighted by molar-refractivity contribution is 7.98. The maximum absolute atomic E-state index is 13.1. The van der Waals surface area contributed by atoms with Crippen molar-refractivity contribution in [2.45, 2.75) is 17.8 Å². The number of rotatable bonds is 6. The van der Waals surface area contributed by atoms with Crippen LogP contribution in [0.2, 0.25) is 5.02 Å². The zero-order chi connectivity index (χ0) is 21.1. The Balaban J connectivity index is 1.68. The quantitative estimate of drug-likeness (QED) is 0.305. The number of aryl methyl sites for hydroxylation is 1. The summed E-state index contributed by atoms with van der Waals surface area (Å²) in [5, 5.41) is 4.96. The molecule has 6 nitrogen and oxygen atoms in total. The van der Waals surface area contributed by atoms with E-state index in [1.807, 2.05) is 31.2 Å².